The summed E-state index contributed by atoms with van der Waals surface area (Å²) in [5.74, 6) is -1.81. The van der Waals surface area contributed by atoms with E-state index in [4.69, 9.17) is 154 Å². The summed E-state index contributed by atoms with van der Waals surface area (Å²) in [5.41, 5.74) is 0. The number of carbonyl (C=O) groups excluding carboxylic acids is 3. The normalized spacial score (nSPS) is 30.9. The number of rotatable bonds is 65. The second kappa shape index (κ2) is 57.2. The zero-order valence-corrected chi connectivity index (χ0v) is 78.5. The SMILES string of the molecule is COC[C@H]1O[C@H](OC)[C@H](OS(=O)(=O)OC)[C@@H](OC)[C@@H]1O[C@@H]1O[C@@H](C(=O)OC)[C@@H](O[C@H]2O[C@H](COS(=O)(=O)OC)[C@@H](O[C@@H]3O[C@H](C(=O)OC)[C@@H](O[C@H]4O[C@H](COS(=O)(=O)OC)[C@@H](OCCOCCOCCOCCCC(=O)COCCOCCOCCOCCSC(C)(C)C)[C@H](OC)[C@H]4OC)[C@H](OC)[C@H]3OC)[C@H](OS(=O)(=O)OC)[C@H]2OS(=O)(=O)OC)[C@H](OC)[C@H]1OC. The van der Waals surface area contributed by atoms with Crippen molar-refractivity contribution in [3.05, 3.63) is 0 Å². The molecule has 0 aromatic carbocycles. The van der Waals surface area contributed by atoms with Gasteiger partial charge < -0.3 is 133 Å². The van der Waals surface area contributed by atoms with Crippen LogP contribution in [0.4, 0.5) is 0 Å². The minimum absolute atomic E-state index is 0.0565. The van der Waals surface area contributed by atoms with Crippen molar-refractivity contribution in [3.63, 3.8) is 0 Å². The van der Waals surface area contributed by atoms with E-state index < -0.39 is 231 Å². The molecule has 5 aliphatic rings. The van der Waals surface area contributed by atoms with Crippen LogP contribution in [0, 0.1) is 0 Å². The molecule has 5 fully saturated rings. The Morgan fingerprint density at radius 3 is 1.02 bits per heavy atom. The zero-order chi connectivity index (χ0) is 93.6. The first-order valence-corrected chi connectivity index (χ1v) is 46.5. The molecule has 0 aromatic rings. The van der Waals surface area contributed by atoms with Crippen LogP contribution < -0.4 is 0 Å². The molecule has 5 rings (SSSR count). The first-order chi connectivity index (χ1) is 59.9. The molecule has 0 spiro atoms. The number of thioether (sulfide) groups is 1. The van der Waals surface area contributed by atoms with Crippen molar-refractivity contribution in [3.8, 4) is 0 Å². The van der Waals surface area contributed by atoms with Crippen LogP contribution in [0.1, 0.15) is 33.6 Å². The van der Waals surface area contributed by atoms with Crippen molar-refractivity contribution in [2.24, 2.45) is 0 Å². The van der Waals surface area contributed by atoms with Gasteiger partial charge in [-0.25, -0.2) is 30.5 Å². The summed E-state index contributed by atoms with van der Waals surface area (Å²) in [5, 5.41) is 0. The zero-order valence-electron chi connectivity index (χ0n) is 73.6. The Balaban J connectivity index is 1.36. The van der Waals surface area contributed by atoms with Crippen molar-refractivity contribution in [1.82, 2.24) is 0 Å². The fourth-order valence-electron chi connectivity index (χ4n) is 13.0. The molecule has 0 aliphatic carbocycles. The maximum atomic E-state index is 14.4. The lowest BCUT2D eigenvalue weighted by atomic mass is 9.94. The fraction of sp³-hybridized carbons (Fsp3) is 0.957. The number of hydrogen-bond acceptors (Lipinski definition) is 52. The number of carbonyl (C=O) groups is 3. The average Bonchev–Trinajstić information content (AvgIpc) is 0.750. The first-order valence-electron chi connectivity index (χ1n) is 38.8. The third kappa shape index (κ3) is 36.2. The van der Waals surface area contributed by atoms with Crippen LogP contribution >= 0.6 is 11.8 Å². The Labute approximate surface area is 739 Å². The Bertz CT molecular complexity index is 3680. The van der Waals surface area contributed by atoms with Gasteiger partial charge in [-0.15, -0.1) is 0 Å². The molecule has 57 heteroatoms. The molecule has 0 amide bonds. The van der Waals surface area contributed by atoms with Gasteiger partial charge >= 0.3 is 63.9 Å². The van der Waals surface area contributed by atoms with E-state index in [1.165, 1.54) is 21.3 Å². The van der Waals surface area contributed by atoms with Gasteiger partial charge in [0, 0.05) is 87.5 Å². The van der Waals surface area contributed by atoms with Crippen molar-refractivity contribution in [2.75, 3.05) is 238 Å². The number of Topliss-reactive ketones (excluding diaryl/α,β-unsaturated/α-hetero) is 1. The fourth-order valence-corrected chi connectivity index (χ4v) is 16.3. The Morgan fingerprint density at radius 2 is 0.627 bits per heavy atom. The maximum absolute atomic E-state index is 14.4. The molecular weight excluding hydrogens is 1840 g/mol. The van der Waals surface area contributed by atoms with E-state index in [0.717, 1.165) is 76.9 Å². The van der Waals surface area contributed by atoms with Crippen LogP contribution in [0.15, 0.2) is 0 Å². The molecule has 25 atom stereocenters. The van der Waals surface area contributed by atoms with E-state index in [9.17, 15) is 56.5 Å². The van der Waals surface area contributed by atoms with E-state index in [2.05, 4.69) is 41.7 Å². The summed E-state index contributed by atoms with van der Waals surface area (Å²) >= 11 is 1.84. The molecule has 0 bridgehead atoms. The maximum Gasteiger partial charge on any atom is 0.400 e. The standard InChI is InChI=1S/C69H124O51S6/c1-69(2,3)121-36-35-104-30-29-101-25-26-102-31-32-105-37-41(70)21-20-22-99-23-24-100-27-28-103-33-34-106-45-43(39-107-122(73,74)94-15)110-65(57(88-9)48(45)84-5)114-52-50(86-7)59(90-11)67(117-55(52)62(71)91-12)113-47-44(40-108-123(75,76)95-16)111-68(61(120-126(81,82)98-19)54(47)118-124(77,78)96-17)115-53-51(87-8)58(89-10)66(116-56(53)63(72)92-13)112-46-42(38-83-4)109-64(93-14)60(49(46)85-6)119-125(79,80)97-18/h42-61,64-68H,20-40H2,1-19H3/t42-,43-,44-,45-,46-,47-,48+,49+,50+,51+,52+,53+,54+,55+,56-,57-,58-,59-,60-,61-,64+,65-,66-,67-,68-/m1/s1. The Kier molecular flexibility index (Phi) is 51.7. The minimum Gasteiger partial charge on any atom is -0.467 e. The van der Waals surface area contributed by atoms with E-state index in [1.54, 1.807) is 0 Å². The van der Waals surface area contributed by atoms with Gasteiger partial charge in [0.15, 0.2) is 61.6 Å². The van der Waals surface area contributed by atoms with E-state index in [-0.39, 0.29) is 76.4 Å². The highest BCUT2D eigenvalue weighted by atomic mass is 32.3. The van der Waals surface area contributed by atoms with Gasteiger partial charge in [0.1, 0.15) is 104 Å². The third-order valence-electron chi connectivity index (χ3n) is 18.9. The highest BCUT2D eigenvalue weighted by Crippen LogP contribution is 2.42. The lowest BCUT2D eigenvalue weighted by molar-refractivity contribution is -0.389. The second-order valence-corrected chi connectivity index (χ2v) is 36.5. The van der Waals surface area contributed by atoms with Crippen LogP contribution in [0.3, 0.4) is 0 Å². The smallest absolute Gasteiger partial charge is 0.400 e. The van der Waals surface area contributed by atoms with Gasteiger partial charge in [-0.05, 0) is 6.42 Å². The molecule has 0 aromatic heterocycles. The molecule has 5 heterocycles. The van der Waals surface area contributed by atoms with Crippen LogP contribution in [-0.4, -0.2) is 457 Å². The largest absolute Gasteiger partial charge is 0.467 e. The Hall–Kier alpha value is -2.73. The summed E-state index contributed by atoms with van der Waals surface area (Å²) in [4.78, 5) is 41.0. The van der Waals surface area contributed by atoms with E-state index in [0.29, 0.717) is 74.0 Å². The topological polar surface area (TPSA) is 573 Å². The number of ether oxygens (including phenoxy) is 28. The van der Waals surface area contributed by atoms with Gasteiger partial charge in [0.25, 0.3) is 0 Å². The summed E-state index contributed by atoms with van der Waals surface area (Å²) in [6.07, 6.45) is -46.5. The summed E-state index contributed by atoms with van der Waals surface area (Å²) in [7, 11) is -10.1. The number of methoxy groups -OCH3 is 11. The molecule has 51 nitrogen and oxygen atoms in total. The van der Waals surface area contributed by atoms with Crippen LogP contribution in [0.25, 0.3) is 0 Å². The van der Waals surface area contributed by atoms with E-state index in [1.807, 2.05) is 11.8 Å². The molecular formula is C69H124O51S6. The molecule has 742 valence electrons. The lowest BCUT2D eigenvalue weighted by Crippen LogP contribution is -2.70. The lowest BCUT2D eigenvalue weighted by Gasteiger charge is -2.51. The second-order valence-electron chi connectivity index (χ2n) is 27.8. The highest BCUT2D eigenvalue weighted by molar-refractivity contribution is 8.00. The van der Waals surface area contributed by atoms with Crippen LogP contribution in [0.5, 0.6) is 0 Å². The first kappa shape index (κ1) is 114. The van der Waals surface area contributed by atoms with Gasteiger partial charge in [0.2, 0.25) is 0 Å². The summed E-state index contributed by atoms with van der Waals surface area (Å²) < 4.78 is 348. The molecule has 5 saturated heterocycles. The van der Waals surface area contributed by atoms with Crippen molar-refractivity contribution in [1.29, 1.82) is 0 Å². The molecule has 5 aliphatic heterocycles. The van der Waals surface area contributed by atoms with Crippen LogP contribution in [-0.2, 0) is 241 Å². The van der Waals surface area contributed by atoms with Crippen molar-refractivity contribution in [2.45, 2.75) is 192 Å². The minimum atomic E-state index is -5.53. The van der Waals surface area contributed by atoms with Crippen LogP contribution in [0.2, 0.25) is 0 Å². The number of esters is 2. The number of ketones is 1. The van der Waals surface area contributed by atoms with Gasteiger partial charge in [-0.1, -0.05) is 20.8 Å². The molecule has 126 heavy (non-hydrogen) atoms. The summed E-state index contributed by atoms with van der Waals surface area (Å²) in [6.45, 7) is 7.45. The predicted molar refractivity (Wildman–Crippen MR) is 419 cm³/mol. The van der Waals surface area contributed by atoms with Crippen molar-refractivity contribution < 1.29 is 231 Å². The molecule has 0 saturated carbocycles. The third-order valence-corrected chi connectivity index (χ3v) is 24.4. The van der Waals surface area contributed by atoms with E-state index >= 15 is 0 Å². The monoisotopic (exact) mass is 1960 g/mol. The van der Waals surface area contributed by atoms with Gasteiger partial charge in [-0.2, -0.15) is 53.9 Å². The van der Waals surface area contributed by atoms with Gasteiger partial charge in [0.05, 0.1) is 155 Å². The predicted octanol–water partition coefficient (Wildman–Crippen LogP) is -3.08. The molecule has 0 N–H and O–H groups in total. The molecule has 0 radical (unpaired) electrons. The highest BCUT2D eigenvalue weighted by Gasteiger charge is 2.63. The number of hydrogen-bond donors (Lipinski definition) is 0. The molecule has 0 unspecified atom stereocenters. The Morgan fingerprint density at radius 1 is 0.310 bits per heavy atom. The van der Waals surface area contributed by atoms with Crippen molar-refractivity contribution >= 4 is 81.5 Å². The van der Waals surface area contributed by atoms with Gasteiger partial charge in [-0.3, -0.25) is 25.7 Å². The summed E-state index contributed by atoms with van der Waals surface area (Å²) in [6, 6.07) is 0. The quantitative estimate of drug-likeness (QED) is 0.0430. The average molecular weight is 1960 g/mol.